The van der Waals surface area contributed by atoms with E-state index in [9.17, 15) is 23.5 Å². The van der Waals surface area contributed by atoms with Gasteiger partial charge in [-0.05, 0) is 36.6 Å². The van der Waals surface area contributed by atoms with Crippen LogP contribution in [0.5, 0.6) is 5.75 Å². The zero-order chi connectivity index (χ0) is 23.6. The summed E-state index contributed by atoms with van der Waals surface area (Å²) in [6.45, 7) is 3.98. The Morgan fingerprint density at radius 3 is 2.38 bits per heavy atom. The van der Waals surface area contributed by atoms with Crippen molar-refractivity contribution in [3.05, 3.63) is 59.7 Å². The summed E-state index contributed by atoms with van der Waals surface area (Å²) >= 11 is 0. The van der Waals surface area contributed by atoms with Crippen molar-refractivity contribution in [2.45, 2.75) is 61.3 Å². The second kappa shape index (κ2) is 9.85. The zero-order valence-electron chi connectivity index (χ0n) is 18.8. The van der Waals surface area contributed by atoms with Gasteiger partial charge >= 0.3 is 7.60 Å². The molecule has 0 bridgehead atoms. The molecular weight excluding hydrogens is 449 g/mol. The molecule has 7 nitrogen and oxygen atoms in total. The SMILES string of the molecule is CCCC[C@@]1(CC)N[C@H](c2ccccc2)c2cc(OC)ccc2S(O)(O)C1CP(=O)(O)O. The number of fused-ring (bicyclic) bond motifs is 1. The largest absolute Gasteiger partial charge is 0.497 e. The average Bonchev–Trinajstić information content (AvgIpc) is 2.84. The summed E-state index contributed by atoms with van der Waals surface area (Å²) in [4.78, 5) is 20.1. The Labute approximate surface area is 191 Å². The third-order valence-corrected chi connectivity index (χ3v) is 9.96. The minimum atomic E-state index is -4.54. The van der Waals surface area contributed by atoms with E-state index in [1.807, 2.05) is 44.2 Å². The summed E-state index contributed by atoms with van der Waals surface area (Å²) < 4.78 is 40.9. The van der Waals surface area contributed by atoms with E-state index < -0.39 is 41.2 Å². The molecule has 32 heavy (non-hydrogen) atoms. The molecule has 5 N–H and O–H groups in total. The van der Waals surface area contributed by atoms with Crippen LogP contribution < -0.4 is 10.1 Å². The van der Waals surface area contributed by atoms with Gasteiger partial charge in [-0.15, -0.1) is 0 Å². The molecule has 3 rings (SSSR count). The van der Waals surface area contributed by atoms with Crippen LogP contribution in [0.4, 0.5) is 0 Å². The van der Waals surface area contributed by atoms with Gasteiger partial charge < -0.3 is 14.5 Å². The van der Waals surface area contributed by atoms with Crippen LogP contribution in [0.3, 0.4) is 0 Å². The highest BCUT2D eigenvalue weighted by molar-refractivity contribution is 8.25. The third kappa shape index (κ3) is 5.07. The van der Waals surface area contributed by atoms with Crippen molar-refractivity contribution in [1.82, 2.24) is 5.32 Å². The molecule has 0 saturated carbocycles. The molecule has 0 spiro atoms. The second-order valence-corrected chi connectivity index (χ2v) is 12.3. The maximum Gasteiger partial charge on any atom is 0.327 e. The molecule has 1 unspecified atom stereocenters. The first kappa shape index (κ1) is 25.2. The Morgan fingerprint density at radius 2 is 1.81 bits per heavy atom. The highest BCUT2D eigenvalue weighted by Crippen LogP contribution is 2.64. The van der Waals surface area contributed by atoms with Crippen LogP contribution in [0, 0.1) is 0 Å². The Hall–Kier alpha value is -1.38. The van der Waals surface area contributed by atoms with Crippen LogP contribution >= 0.6 is 18.2 Å². The van der Waals surface area contributed by atoms with E-state index in [0.29, 0.717) is 29.1 Å². The van der Waals surface area contributed by atoms with Gasteiger partial charge in [0.05, 0.1) is 29.5 Å². The van der Waals surface area contributed by atoms with Crippen LogP contribution in [0.2, 0.25) is 0 Å². The Bertz CT molecular complexity index is 966. The normalized spacial score (nSPS) is 26.1. The van der Waals surface area contributed by atoms with Crippen molar-refractivity contribution in [2.75, 3.05) is 13.3 Å². The summed E-state index contributed by atoms with van der Waals surface area (Å²) in [7, 11) is -6.57. The van der Waals surface area contributed by atoms with Gasteiger partial charge in [0.25, 0.3) is 0 Å². The minimum Gasteiger partial charge on any atom is -0.497 e. The summed E-state index contributed by atoms with van der Waals surface area (Å²) in [6.07, 6.45) is 2.11. The van der Waals surface area contributed by atoms with Gasteiger partial charge in [-0.1, -0.05) is 57.0 Å². The van der Waals surface area contributed by atoms with Crippen molar-refractivity contribution >= 4 is 18.2 Å². The topological polar surface area (TPSA) is 119 Å². The molecule has 2 aromatic rings. The van der Waals surface area contributed by atoms with Crippen LogP contribution in [0.25, 0.3) is 0 Å². The van der Waals surface area contributed by atoms with E-state index in [-0.39, 0.29) is 0 Å². The number of hydrogen-bond donors (Lipinski definition) is 5. The van der Waals surface area contributed by atoms with E-state index in [2.05, 4.69) is 5.32 Å². The quantitative estimate of drug-likeness (QED) is 0.320. The highest BCUT2D eigenvalue weighted by Gasteiger charge is 2.52. The number of rotatable bonds is 8. The maximum atomic E-state index is 12.2. The molecule has 178 valence electrons. The summed E-state index contributed by atoms with van der Waals surface area (Å²) in [5, 5.41) is 2.62. The van der Waals surface area contributed by atoms with Gasteiger partial charge in [0, 0.05) is 11.1 Å². The smallest absolute Gasteiger partial charge is 0.327 e. The summed E-state index contributed by atoms with van der Waals surface area (Å²) in [6, 6.07) is 14.4. The number of hydrogen-bond acceptors (Lipinski definition) is 5. The van der Waals surface area contributed by atoms with Gasteiger partial charge in [-0.3, -0.25) is 19.0 Å². The number of ether oxygens (including phenoxy) is 1. The first-order valence-corrected chi connectivity index (χ1v) is 14.3. The van der Waals surface area contributed by atoms with Crippen molar-refractivity contribution in [3.8, 4) is 5.75 Å². The van der Waals surface area contributed by atoms with Crippen molar-refractivity contribution in [3.63, 3.8) is 0 Å². The van der Waals surface area contributed by atoms with Crippen LogP contribution in [-0.2, 0) is 4.57 Å². The fourth-order valence-corrected chi connectivity index (χ4v) is 8.99. The lowest BCUT2D eigenvalue weighted by Crippen LogP contribution is -2.56. The standard InChI is InChI=1S/C23H34NO6PS/c1-4-6-14-23(5-2)21(16-31(25,26)27)32(28,29)20-13-12-18(30-3)15-19(20)22(24-23)17-10-8-7-9-11-17/h7-13,15,21-22,24,28-29H,4-6,14,16H2,1-3H3,(H2,25,26,27)/t21?,22-,23-/m1/s1. The number of benzene rings is 2. The zero-order valence-corrected chi connectivity index (χ0v) is 20.5. The molecule has 0 aliphatic carbocycles. The Morgan fingerprint density at radius 1 is 1.12 bits per heavy atom. The molecule has 2 aromatic carbocycles. The lowest BCUT2D eigenvalue weighted by Gasteiger charge is -2.50. The third-order valence-electron chi connectivity index (χ3n) is 6.44. The van der Waals surface area contributed by atoms with E-state index in [0.717, 1.165) is 18.4 Å². The molecular formula is C23H34NO6PS. The fraction of sp³-hybridized carbons (Fsp3) is 0.478. The first-order chi connectivity index (χ1) is 15.1. The number of nitrogens with one attached hydrogen (secondary N) is 1. The molecule has 0 fully saturated rings. The molecule has 3 atom stereocenters. The second-order valence-electron chi connectivity index (χ2n) is 8.43. The first-order valence-electron chi connectivity index (χ1n) is 10.9. The monoisotopic (exact) mass is 483 g/mol. The molecule has 1 heterocycles. The van der Waals surface area contributed by atoms with Gasteiger partial charge in [-0.2, -0.15) is 10.6 Å². The van der Waals surface area contributed by atoms with Crippen molar-refractivity contribution in [2.24, 2.45) is 0 Å². The van der Waals surface area contributed by atoms with Crippen molar-refractivity contribution in [1.29, 1.82) is 0 Å². The number of unbranched alkanes of at least 4 members (excludes halogenated alkanes) is 1. The van der Waals surface area contributed by atoms with Gasteiger partial charge in [0.1, 0.15) is 5.75 Å². The fourth-order valence-electron chi connectivity index (χ4n) is 4.71. The molecule has 0 aromatic heterocycles. The molecule has 0 saturated heterocycles. The Kier molecular flexibility index (Phi) is 7.77. The van der Waals surface area contributed by atoms with Gasteiger partial charge in [0.2, 0.25) is 0 Å². The van der Waals surface area contributed by atoms with Crippen LogP contribution in [0.15, 0.2) is 53.4 Å². The predicted octanol–water partition coefficient (Wildman–Crippen LogP) is 5.38. The van der Waals surface area contributed by atoms with Gasteiger partial charge in [0.15, 0.2) is 0 Å². The molecule has 9 heteroatoms. The van der Waals surface area contributed by atoms with E-state index >= 15 is 0 Å². The maximum absolute atomic E-state index is 12.2. The lowest BCUT2D eigenvalue weighted by molar-refractivity contribution is 0.247. The molecule has 0 amide bonds. The summed E-state index contributed by atoms with van der Waals surface area (Å²) in [5.74, 6) is 0.575. The van der Waals surface area contributed by atoms with Gasteiger partial charge in [-0.25, -0.2) is 0 Å². The van der Waals surface area contributed by atoms with E-state index in [4.69, 9.17) is 4.74 Å². The van der Waals surface area contributed by atoms with Crippen LogP contribution in [-0.4, -0.2) is 43.0 Å². The predicted molar refractivity (Wildman–Crippen MR) is 129 cm³/mol. The lowest BCUT2D eigenvalue weighted by atomic mass is 9.84. The minimum absolute atomic E-state index is 0.310. The number of methoxy groups -OCH3 is 1. The average molecular weight is 484 g/mol. The molecule has 1 aliphatic heterocycles. The summed E-state index contributed by atoms with van der Waals surface area (Å²) in [5.41, 5.74) is 0.698. The van der Waals surface area contributed by atoms with E-state index in [1.165, 1.54) is 0 Å². The van der Waals surface area contributed by atoms with Crippen LogP contribution in [0.1, 0.15) is 56.7 Å². The molecule has 0 radical (unpaired) electrons. The van der Waals surface area contributed by atoms with Crippen molar-refractivity contribution < 1.29 is 28.2 Å². The Balaban J connectivity index is 2.31. The van der Waals surface area contributed by atoms with E-state index in [1.54, 1.807) is 25.3 Å². The highest BCUT2D eigenvalue weighted by atomic mass is 32.3. The molecule has 1 aliphatic rings.